The summed E-state index contributed by atoms with van der Waals surface area (Å²) in [6.07, 6.45) is 7.33. The molecule has 1 N–H and O–H groups in total. The molecule has 1 aliphatic heterocycles. The summed E-state index contributed by atoms with van der Waals surface area (Å²) in [6.45, 7) is 10.2. The predicted molar refractivity (Wildman–Crippen MR) is 110 cm³/mol. The first-order chi connectivity index (χ1) is 13.1. The molecule has 1 aromatic rings. The number of carbonyl (C=O) groups excluding carboxylic acids is 2. The Balaban J connectivity index is 1.81. The van der Waals surface area contributed by atoms with Crippen molar-refractivity contribution < 1.29 is 14.3 Å². The van der Waals surface area contributed by atoms with Crippen LogP contribution in [0.4, 0.5) is 0 Å². The highest BCUT2D eigenvalue weighted by Gasteiger charge is 2.32. The van der Waals surface area contributed by atoms with Crippen molar-refractivity contribution in [2.24, 2.45) is 16.3 Å². The molecule has 0 saturated carbocycles. The molecular formula is C23H26N2O3. The van der Waals surface area contributed by atoms with Crippen LogP contribution in [0, 0.1) is 11.3 Å². The van der Waals surface area contributed by atoms with Crippen molar-refractivity contribution in [2.45, 2.75) is 40.7 Å². The number of ether oxygens (including phenoxy) is 1. The van der Waals surface area contributed by atoms with Gasteiger partial charge in [-0.15, -0.1) is 0 Å². The molecule has 0 bridgehead atoms. The second-order valence-corrected chi connectivity index (χ2v) is 8.31. The standard InChI is InChI=1S/C23H26N2O3/c1-14(2)28-17-9-6-15(7-10-17)22(27)24-16-8-11-18-19(23(3,4)5)13-21(26)25-20(18)12-16/h6-14,18H,1-5H3,(H,25,26). The van der Waals surface area contributed by atoms with Crippen LogP contribution in [-0.4, -0.2) is 23.6 Å². The van der Waals surface area contributed by atoms with Gasteiger partial charge in [-0.25, -0.2) is 4.99 Å². The first-order valence-corrected chi connectivity index (χ1v) is 9.46. The second-order valence-electron chi connectivity index (χ2n) is 8.31. The molecule has 5 heteroatoms. The van der Waals surface area contributed by atoms with Crippen molar-refractivity contribution in [1.82, 2.24) is 5.32 Å². The smallest absolute Gasteiger partial charge is 0.277 e. The highest BCUT2D eigenvalue weighted by Crippen LogP contribution is 2.38. The summed E-state index contributed by atoms with van der Waals surface area (Å²) >= 11 is 0. The summed E-state index contributed by atoms with van der Waals surface area (Å²) < 4.78 is 5.59. The Morgan fingerprint density at radius 1 is 1.14 bits per heavy atom. The maximum absolute atomic E-state index is 12.5. The molecule has 0 spiro atoms. The molecule has 1 unspecified atom stereocenters. The van der Waals surface area contributed by atoms with E-state index in [4.69, 9.17) is 4.74 Å². The molecule has 1 aliphatic carbocycles. The Morgan fingerprint density at radius 3 is 2.43 bits per heavy atom. The van der Waals surface area contributed by atoms with E-state index in [-0.39, 0.29) is 29.3 Å². The van der Waals surface area contributed by atoms with Crippen LogP contribution in [0.1, 0.15) is 45.0 Å². The lowest BCUT2D eigenvalue weighted by Crippen LogP contribution is -2.36. The number of nitrogens with one attached hydrogen (secondary N) is 1. The SMILES string of the molecule is CC(C)Oc1ccc(C(=O)N=C2C=CC3C(=C2)NC(=O)C=C3C(C)(C)C)cc1. The lowest BCUT2D eigenvalue weighted by atomic mass is 9.74. The number of rotatable bonds is 3. The van der Waals surface area contributed by atoms with Crippen molar-refractivity contribution in [3.05, 3.63) is 65.4 Å². The minimum absolute atomic E-state index is 0.000724. The maximum Gasteiger partial charge on any atom is 0.277 e. The van der Waals surface area contributed by atoms with Gasteiger partial charge in [0.2, 0.25) is 5.91 Å². The first-order valence-electron chi connectivity index (χ1n) is 9.46. The van der Waals surface area contributed by atoms with Crippen LogP contribution < -0.4 is 10.1 Å². The van der Waals surface area contributed by atoms with E-state index in [0.29, 0.717) is 17.0 Å². The van der Waals surface area contributed by atoms with E-state index in [1.165, 1.54) is 0 Å². The average molecular weight is 378 g/mol. The van der Waals surface area contributed by atoms with Gasteiger partial charge in [-0.05, 0) is 61.3 Å². The number of hydrogen-bond donors (Lipinski definition) is 1. The van der Waals surface area contributed by atoms with Crippen LogP contribution in [-0.2, 0) is 4.79 Å². The van der Waals surface area contributed by atoms with Crippen molar-refractivity contribution in [3.63, 3.8) is 0 Å². The lowest BCUT2D eigenvalue weighted by molar-refractivity contribution is -0.116. The summed E-state index contributed by atoms with van der Waals surface area (Å²) in [6, 6.07) is 6.94. The molecule has 1 heterocycles. The summed E-state index contributed by atoms with van der Waals surface area (Å²) in [5.41, 5.74) is 2.68. The maximum atomic E-state index is 12.5. The molecule has 3 rings (SSSR count). The number of allylic oxidation sites excluding steroid dienone is 3. The summed E-state index contributed by atoms with van der Waals surface area (Å²) in [4.78, 5) is 28.8. The molecule has 0 aromatic heterocycles. The second kappa shape index (κ2) is 7.58. The largest absolute Gasteiger partial charge is 0.491 e. The fourth-order valence-corrected chi connectivity index (χ4v) is 3.27. The van der Waals surface area contributed by atoms with Crippen LogP contribution in [0.2, 0.25) is 0 Å². The highest BCUT2D eigenvalue weighted by atomic mass is 16.5. The van der Waals surface area contributed by atoms with Gasteiger partial charge in [-0.3, -0.25) is 9.59 Å². The van der Waals surface area contributed by atoms with Crippen LogP contribution in [0.3, 0.4) is 0 Å². The average Bonchev–Trinajstić information content (AvgIpc) is 2.60. The van der Waals surface area contributed by atoms with Crippen LogP contribution in [0.15, 0.2) is 64.8 Å². The molecule has 28 heavy (non-hydrogen) atoms. The molecular weight excluding hydrogens is 352 g/mol. The number of nitrogens with zero attached hydrogens (tertiary/aromatic N) is 1. The molecule has 0 fully saturated rings. The Morgan fingerprint density at radius 2 is 1.82 bits per heavy atom. The van der Waals surface area contributed by atoms with E-state index < -0.39 is 0 Å². The zero-order valence-electron chi connectivity index (χ0n) is 16.9. The van der Waals surface area contributed by atoms with Gasteiger partial charge >= 0.3 is 0 Å². The molecule has 0 saturated heterocycles. The third-order valence-corrected chi connectivity index (χ3v) is 4.56. The molecule has 2 aliphatic rings. The summed E-state index contributed by atoms with van der Waals surface area (Å²) in [7, 11) is 0. The number of benzene rings is 1. The molecule has 1 atom stereocenters. The van der Waals surface area contributed by atoms with Gasteiger partial charge in [0.05, 0.1) is 11.8 Å². The Kier molecular flexibility index (Phi) is 5.36. The topological polar surface area (TPSA) is 67.8 Å². The Bertz CT molecular complexity index is 910. The normalized spacial score (nSPS) is 20.4. The summed E-state index contributed by atoms with van der Waals surface area (Å²) in [5, 5.41) is 2.87. The number of fused-ring (bicyclic) bond motifs is 1. The zero-order valence-corrected chi connectivity index (χ0v) is 16.9. The van der Waals surface area contributed by atoms with Gasteiger partial charge in [-0.2, -0.15) is 0 Å². The van der Waals surface area contributed by atoms with Crippen molar-refractivity contribution in [3.8, 4) is 5.75 Å². The van der Waals surface area contributed by atoms with E-state index in [2.05, 4.69) is 31.1 Å². The van der Waals surface area contributed by atoms with Gasteiger partial charge in [0, 0.05) is 23.3 Å². The van der Waals surface area contributed by atoms with Crippen molar-refractivity contribution >= 4 is 17.5 Å². The van der Waals surface area contributed by atoms with Gasteiger partial charge < -0.3 is 10.1 Å². The van der Waals surface area contributed by atoms with E-state index in [1.807, 2.05) is 26.0 Å². The van der Waals surface area contributed by atoms with Crippen LogP contribution >= 0.6 is 0 Å². The number of aliphatic imine (C=N–C) groups is 1. The quantitative estimate of drug-likeness (QED) is 0.856. The molecule has 2 amide bonds. The number of carbonyl (C=O) groups is 2. The fourth-order valence-electron chi connectivity index (χ4n) is 3.27. The van der Waals surface area contributed by atoms with E-state index in [1.54, 1.807) is 36.4 Å². The number of amides is 2. The molecule has 0 radical (unpaired) electrons. The summed E-state index contributed by atoms with van der Waals surface area (Å²) in [5.74, 6) is 0.237. The highest BCUT2D eigenvalue weighted by molar-refractivity contribution is 6.14. The minimum Gasteiger partial charge on any atom is -0.491 e. The van der Waals surface area contributed by atoms with E-state index in [0.717, 1.165) is 11.3 Å². The third-order valence-electron chi connectivity index (χ3n) is 4.56. The van der Waals surface area contributed by atoms with Crippen molar-refractivity contribution in [2.75, 3.05) is 0 Å². The van der Waals surface area contributed by atoms with Crippen LogP contribution in [0.25, 0.3) is 0 Å². The van der Waals surface area contributed by atoms with Crippen LogP contribution in [0.5, 0.6) is 5.75 Å². The first kappa shape index (κ1) is 19.8. The lowest BCUT2D eigenvalue weighted by Gasteiger charge is -2.34. The predicted octanol–water partition coefficient (Wildman–Crippen LogP) is 4.23. The molecule has 5 nitrogen and oxygen atoms in total. The van der Waals surface area contributed by atoms with Gasteiger partial charge in [0.1, 0.15) is 5.75 Å². The van der Waals surface area contributed by atoms with Gasteiger partial charge in [0.25, 0.3) is 5.91 Å². The minimum atomic E-state index is -0.334. The molecule has 1 aromatic carbocycles. The number of hydrogen-bond acceptors (Lipinski definition) is 3. The van der Waals surface area contributed by atoms with Gasteiger partial charge in [-0.1, -0.05) is 26.8 Å². The Hall–Kier alpha value is -2.95. The van der Waals surface area contributed by atoms with Crippen molar-refractivity contribution in [1.29, 1.82) is 0 Å². The monoisotopic (exact) mass is 378 g/mol. The van der Waals surface area contributed by atoms with E-state index in [9.17, 15) is 9.59 Å². The van der Waals surface area contributed by atoms with E-state index >= 15 is 0 Å². The fraction of sp³-hybridized carbons (Fsp3) is 0.348. The Labute approximate surface area is 165 Å². The zero-order chi connectivity index (χ0) is 20.5. The third kappa shape index (κ3) is 4.47. The van der Waals surface area contributed by atoms with Gasteiger partial charge in [0.15, 0.2) is 0 Å². The molecule has 146 valence electrons.